The molecular formula is C15H17ClN4O. The van der Waals surface area contributed by atoms with Crippen molar-refractivity contribution < 1.29 is 4.74 Å². The molecule has 0 radical (unpaired) electrons. The standard InChI is InChI=1S/C15H17ClN4O/c1-11-4-2-5-12(10-11)20-15(17)19-8-9-21-14-13(16)6-3-7-18-14/h2-7,10H,8-9H2,1H3,(H3,17,19,20). The predicted molar refractivity (Wildman–Crippen MR) is 86.0 cm³/mol. The zero-order chi connectivity index (χ0) is 15.1. The highest BCUT2D eigenvalue weighted by Crippen LogP contribution is 2.19. The van der Waals surface area contributed by atoms with Crippen LogP contribution >= 0.6 is 11.6 Å². The number of ether oxygens (including phenoxy) is 1. The average molecular weight is 305 g/mol. The van der Waals surface area contributed by atoms with Crippen molar-refractivity contribution >= 4 is 23.2 Å². The highest BCUT2D eigenvalue weighted by Gasteiger charge is 2.00. The van der Waals surface area contributed by atoms with Gasteiger partial charge in [0.05, 0.1) is 6.54 Å². The van der Waals surface area contributed by atoms with Gasteiger partial charge in [-0.05, 0) is 36.8 Å². The Labute approximate surface area is 128 Å². The predicted octanol–water partition coefficient (Wildman–Crippen LogP) is 2.85. The summed E-state index contributed by atoms with van der Waals surface area (Å²) in [5, 5.41) is 3.50. The van der Waals surface area contributed by atoms with E-state index < -0.39 is 0 Å². The van der Waals surface area contributed by atoms with Crippen molar-refractivity contribution in [3.63, 3.8) is 0 Å². The summed E-state index contributed by atoms with van der Waals surface area (Å²) < 4.78 is 5.42. The van der Waals surface area contributed by atoms with Crippen LogP contribution < -0.4 is 15.8 Å². The van der Waals surface area contributed by atoms with Crippen LogP contribution in [-0.4, -0.2) is 24.1 Å². The SMILES string of the molecule is Cc1cccc(NC(N)=NCCOc2ncccc2Cl)c1. The Bertz CT molecular complexity index is 631. The second-order valence-electron chi connectivity index (χ2n) is 4.40. The number of benzene rings is 1. The molecule has 5 nitrogen and oxygen atoms in total. The summed E-state index contributed by atoms with van der Waals surface area (Å²) in [7, 11) is 0. The number of hydrogen-bond acceptors (Lipinski definition) is 3. The van der Waals surface area contributed by atoms with Gasteiger partial charge in [-0.2, -0.15) is 0 Å². The number of hydrogen-bond donors (Lipinski definition) is 2. The molecule has 6 heteroatoms. The Hall–Kier alpha value is -2.27. The van der Waals surface area contributed by atoms with Crippen LogP contribution in [0.2, 0.25) is 5.02 Å². The number of guanidine groups is 1. The molecule has 0 atom stereocenters. The third kappa shape index (κ3) is 4.96. The van der Waals surface area contributed by atoms with Crippen molar-refractivity contribution in [1.29, 1.82) is 0 Å². The first kappa shape index (κ1) is 15.1. The van der Waals surface area contributed by atoms with Crippen LogP contribution in [0, 0.1) is 6.92 Å². The third-order valence-corrected chi connectivity index (χ3v) is 2.92. The van der Waals surface area contributed by atoms with E-state index in [0.29, 0.717) is 30.0 Å². The van der Waals surface area contributed by atoms with Crippen molar-refractivity contribution in [3.05, 3.63) is 53.2 Å². The van der Waals surface area contributed by atoms with Crippen LogP contribution in [0.1, 0.15) is 5.56 Å². The Morgan fingerprint density at radius 3 is 3.00 bits per heavy atom. The zero-order valence-electron chi connectivity index (χ0n) is 11.7. The Kier molecular flexibility index (Phi) is 5.40. The number of rotatable bonds is 5. The molecule has 1 aromatic heterocycles. The summed E-state index contributed by atoms with van der Waals surface area (Å²) in [4.78, 5) is 8.20. The first-order chi connectivity index (χ1) is 10.1. The summed E-state index contributed by atoms with van der Waals surface area (Å²) >= 11 is 5.93. The van der Waals surface area contributed by atoms with E-state index in [9.17, 15) is 0 Å². The van der Waals surface area contributed by atoms with E-state index in [1.165, 1.54) is 0 Å². The minimum atomic E-state index is 0.344. The second-order valence-corrected chi connectivity index (χ2v) is 4.81. The molecule has 2 aromatic rings. The van der Waals surface area contributed by atoms with E-state index in [1.807, 2.05) is 31.2 Å². The van der Waals surface area contributed by atoms with Crippen molar-refractivity contribution in [3.8, 4) is 5.88 Å². The molecule has 0 saturated carbocycles. The van der Waals surface area contributed by atoms with Crippen LogP contribution in [0.25, 0.3) is 0 Å². The number of pyridine rings is 1. The maximum Gasteiger partial charge on any atom is 0.232 e. The molecule has 21 heavy (non-hydrogen) atoms. The molecule has 3 N–H and O–H groups in total. The fourth-order valence-electron chi connectivity index (χ4n) is 1.70. The normalized spacial score (nSPS) is 11.2. The molecule has 0 bridgehead atoms. The first-order valence-corrected chi connectivity index (χ1v) is 6.90. The Balaban J connectivity index is 1.80. The number of nitrogens with zero attached hydrogens (tertiary/aromatic N) is 2. The first-order valence-electron chi connectivity index (χ1n) is 6.52. The fraction of sp³-hybridized carbons (Fsp3) is 0.200. The van der Waals surface area contributed by atoms with Crippen molar-refractivity contribution in [1.82, 2.24) is 4.98 Å². The van der Waals surface area contributed by atoms with E-state index in [2.05, 4.69) is 15.3 Å². The average Bonchev–Trinajstić information content (AvgIpc) is 2.45. The third-order valence-electron chi connectivity index (χ3n) is 2.63. The minimum absolute atomic E-state index is 0.344. The van der Waals surface area contributed by atoms with E-state index in [0.717, 1.165) is 11.3 Å². The second kappa shape index (κ2) is 7.50. The molecule has 0 amide bonds. The molecule has 0 unspecified atom stereocenters. The van der Waals surface area contributed by atoms with Gasteiger partial charge in [0.25, 0.3) is 0 Å². The van der Waals surface area contributed by atoms with Gasteiger partial charge in [-0.25, -0.2) is 9.98 Å². The maximum absolute atomic E-state index is 5.93. The van der Waals surface area contributed by atoms with Crippen LogP contribution in [0.3, 0.4) is 0 Å². The number of aryl methyl sites for hydroxylation is 1. The van der Waals surface area contributed by atoms with Crippen molar-refractivity contribution in [2.24, 2.45) is 10.7 Å². The lowest BCUT2D eigenvalue weighted by Crippen LogP contribution is -2.23. The summed E-state index contributed by atoms with van der Waals surface area (Å²) in [5.41, 5.74) is 7.87. The number of aromatic nitrogens is 1. The number of aliphatic imine (C=N–C) groups is 1. The smallest absolute Gasteiger partial charge is 0.232 e. The molecule has 0 fully saturated rings. The number of nitrogens with one attached hydrogen (secondary N) is 1. The van der Waals surface area contributed by atoms with Crippen molar-refractivity contribution in [2.75, 3.05) is 18.5 Å². The Morgan fingerprint density at radius 2 is 2.24 bits per heavy atom. The van der Waals surface area contributed by atoms with Gasteiger partial charge in [0.15, 0.2) is 5.96 Å². The van der Waals surface area contributed by atoms with Gasteiger partial charge in [0.2, 0.25) is 5.88 Å². The molecule has 0 saturated heterocycles. The number of nitrogens with two attached hydrogens (primary N) is 1. The van der Waals surface area contributed by atoms with Crippen LogP contribution in [0.15, 0.2) is 47.6 Å². The molecular weight excluding hydrogens is 288 g/mol. The summed E-state index contributed by atoms with van der Waals surface area (Å²) in [5.74, 6) is 0.746. The minimum Gasteiger partial charge on any atom is -0.475 e. The van der Waals surface area contributed by atoms with Crippen LogP contribution in [0.4, 0.5) is 5.69 Å². The van der Waals surface area contributed by atoms with Crippen LogP contribution in [-0.2, 0) is 0 Å². The molecule has 0 aliphatic carbocycles. The molecule has 0 spiro atoms. The van der Waals surface area contributed by atoms with Crippen LogP contribution in [0.5, 0.6) is 5.88 Å². The number of halogens is 1. The molecule has 1 heterocycles. The van der Waals surface area contributed by atoms with E-state index in [1.54, 1.807) is 18.3 Å². The van der Waals surface area contributed by atoms with Gasteiger partial charge in [0, 0.05) is 11.9 Å². The van der Waals surface area contributed by atoms with E-state index in [-0.39, 0.29) is 0 Å². The fourth-order valence-corrected chi connectivity index (χ4v) is 1.87. The summed E-state index contributed by atoms with van der Waals surface area (Å²) in [6.45, 7) is 2.79. The monoisotopic (exact) mass is 304 g/mol. The maximum atomic E-state index is 5.93. The summed E-state index contributed by atoms with van der Waals surface area (Å²) in [6.07, 6.45) is 1.62. The van der Waals surface area contributed by atoms with E-state index in [4.69, 9.17) is 22.1 Å². The van der Waals surface area contributed by atoms with Gasteiger partial charge >= 0.3 is 0 Å². The summed E-state index contributed by atoms with van der Waals surface area (Å²) in [6, 6.07) is 11.4. The Morgan fingerprint density at radius 1 is 1.38 bits per heavy atom. The molecule has 110 valence electrons. The lowest BCUT2D eigenvalue weighted by molar-refractivity contribution is 0.316. The van der Waals surface area contributed by atoms with Gasteiger partial charge in [-0.15, -0.1) is 0 Å². The van der Waals surface area contributed by atoms with Gasteiger partial charge in [0.1, 0.15) is 11.6 Å². The molecule has 2 rings (SSSR count). The van der Waals surface area contributed by atoms with Gasteiger partial charge in [-0.3, -0.25) is 0 Å². The topological polar surface area (TPSA) is 72.5 Å². The van der Waals surface area contributed by atoms with Gasteiger partial charge in [-0.1, -0.05) is 23.7 Å². The largest absolute Gasteiger partial charge is 0.475 e. The lowest BCUT2D eigenvalue weighted by Gasteiger charge is -2.07. The lowest BCUT2D eigenvalue weighted by atomic mass is 10.2. The number of anilines is 1. The quantitative estimate of drug-likeness (QED) is 0.506. The van der Waals surface area contributed by atoms with E-state index >= 15 is 0 Å². The molecule has 0 aliphatic rings. The zero-order valence-corrected chi connectivity index (χ0v) is 12.5. The highest BCUT2D eigenvalue weighted by atomic mass is 35.5. The highest BCUT2D eigenvalue weighted by molar-refractivity contribution is 6.31. The molecule has 1 aromatic carbocycles. The van der Waals surface area contributed by atoms with Crippen molar-refractivity contribution in [2.45, 2.75) is 6.92 Å². The molecule has 0 aliphatic heterocycles. The van der Waals surface area contributed by atoms with Gasteiger partial charge < -0.3 is 15.8 Å².